The molecule has 1 aromatic carbocycles. The number of methoxy groups -OCH3 is 1. The Bertz CT molecular complexity index is 438. The predicted octanol–water partition coefficient (Wildman–Crippen LogP) is 3.81. The van der Waals surface area contributed by atoms with Gasteiger partial charge in [-0.15, -0.1) is 0 Å². The number of benzene rings is 1. The van der Waals surface area contributed by atoms with Crippen molar-refractivity contribution in [3.63, 3.8) is 0 Å². The van der Waals surface area contributed by atoms with Gasteiger partial charge in [-0.3, -0.25) is 0 Å². The van der Waals surface area contributed by atoms with E-state index in [0.717, 1.165) is 29.7 Å². The first-order chi connectivity index (χ1) is 9.69. The van der Waals surface area contributed by atoms with Crippen LogP contribution in [0.4, 0.5) is 5.69 Å². The van der Waals surface area contributed by atoms with E-state index in [2.05, 4.69) is 52.1 Å². The van der Waals surface area contributed by atoms with Crippen LogP contribution in [0.25, 0.3) is 0 Å². The maximum Gasteiger partial charge on any atom is 0.133 e. The van der Waals surface area contributed by atoms with Crippen LogP contribution in [0, 0.1) is 0 Å². The predicted molar refractivity (Wildman–Crippen MR) is 88.8 cm³/mol. The molecule has 112 valence electrons. The molecule has 0 radical (unpaired) electrons. The van der Waals surface area contributed by atoms with Crippen LogP contribution in [0.5, 0.6) is 5.75 Å². The maximum absolute atomic E-state index is 5.32. The fraction of sp³-hybridized carbons (Fsp3) is 0.625. The van der Waals surface area contributed by atoms with Gasteiger partial charge >= 0.3 is 0 Å². The summed E-state index contributed by atoms with van der Waals surface area (Å²) in [6, 6.07) is 7.56. The van der Waals surface area contributed by atoms with Crippen molar-refractivity contribution in [3.8, 4) is 5.75 Å². The summed E-state index contributed by atoms with van der Waals surface area (Å²) in [5, 5.41) is 3.68. The van der Waals surface area contributed by atoms with Gasteiger partial charge in [0.15, 0.2) is 0 Å². The lowest BCUT2D eigenvalue weighted by atomic mass is 10.0. The molecule has 1 aliphatic rings. The Labute approximate surface area is 130 Å². The molecule has 2 unspecified atom stereocenters. The molecular weight excluding hydrogens is 316 g/mol. The maximum atomic E-state index is 5.32. The van der Waals surface area contributed by atoms with Gasteiger partial charge in [0.25, 0.3) is 0 Å². The Morgan fingerprint density at radius 3 is 2.80 bits per heavy atom. The summed E-state index contributed by atoms with van der Waals surface area (Å²) in [7, 11) is 1.71. The van der Waals surface area contributed by atoms with E-state index in [1.807, 2.05) is 6.07 Å². The van der Waals surface area contributed by atoms with E-state index >= 15 is 0 Å². The number of halogens is 1. The topological polar surface area (TPSA) is 24.5 Å². The molecule has 1 fully saturated rings. The van der Waals surface area contributed by atoms with Gasteiger partial charge in [0, 0.05) is 30.9 Å². The van der Waals surface area contributed by atoms with Gasteiger partial charge in [-0.2, -0.15) is 0 Å². The molecule has 2 atom stereocenters. The molecule has 0 bridgehead atoms. The summed E-state index contributed by atoms with van der Waals surface area (Å²) in [6.45, 7) is 6.68. The number of hydrogen-bond acceptors (Lipinski definition) is 3. The second-order valence-electron chi connectivity index (χ2n) is 5.43. The van der Waals surface area contributed by atoms with E-state index in [1.54, 1.807) is 7.11 Å². The quantitative estimate of drug-likeness (QED) is 0.881. The minimum Gasteiger partial charge on any atom is -0.496 e. The van der Waals surface area contributed by atoms with Crippen LogP contribution in [0.3, 0.4) is 0 Å². The summed E-state index contributed by atoms with van der Waals surface area (Å²) < 4.78 is 6.35. The van der Waals surface area contributed by atoms with Crippen molar-refractivity contribution in [2.75, 3.05) is 25.1 Å². The highest BCUT2D eigenvalue weighted by molar-refractivity contribution is 9.10. The van der Waals surface area contributed by atoms with Crippen LogP contribution in [0.15, 0.2) is 22.7 Å². The molecule has 4 heteroatoms. The van der Waals surface area contributed by atoms with E-state index in [1.165, 1.54) is 18.5 Å². The third-order valence-corrected chi connectivity index (χ3v) is 4.70. The fourth-order valence-electron chi connectivity index (χ4n) is 2.92. The third kappa shape index (κ3) is 3.47. The Hall–Kier alpha value is -0.740. The number of rotatable bonds is 5. The standard InChI is InChI=1S/C16H25BrN2O/c1-4-6-12-11-19(13(5-2)10-18-12)14-7-8-16(20-3)15(17)9-14/h7-9,12-13,18H,4-6,10-11H2,1-3H3. The smallest absolute Gasteiger partial charge is 0.133 e. The minimum atomic E-state index is 0.573. The molecule has 1 N–H and O–H groups in total. The number of anilines is 1. The van der Waals surface area contributed by atoms with Gasteiger partial charge in [-0.25, -0.2) is 0 Å². The third-order valence-electron chi connectivity index (χ3n) is 4.08. The van der Waals surface area contributed by atoms with Crippen molar-refractivity contribution in [1.29, 1.82) is 0 Å². The zero-order valence-electron chi connectivity index (χ0n) is 12.7. The van der Waals surface area contributed by atoms with E-state index < -0.39 is 0 Å². The molecule has 2 rings (SSSR count). The molecule has 0 amide bonds. The molecule has 0 spiro atoms. The zero-order valence-corrected chi connectivity index (χ0v) is 14.2. The van der Waals surface area contributed by atoms with E-state index in [9.17, 15) is 0 Å². The number of nitrogens with zero attached hydrogens (tertiary/aromatic N) is 1. The monoisotopic (exact) mass is 340 g/mol. The van der Waals surface area contributed by atoms with Crippen LogP contribution in [0.1, 0.15) is 33.1 Å². The van der Waals surface area contributed by atoms with E-state index in [0.29, 0.717) is 12.1 Å². The van der Waals surface area contributed by atoms with Crippen LogP contribution in [-0.4, -0.2) is 32.3 Å². The Kier molecular flexibility index (Phi) is 5.73. The van der Waals surface area contributed by atoms with E-state index in [4.69, 9.17) is 4.74 Å². The summed E-state index contributed by atoms with van der Waals surface area (Å²) in [4.78, 5) is 2.54. The largest absolute Gasteiger partial charge is 0.496 e. The first-order valence-electron chi connectivity index (χ1n) is 7.53. The lowest BCUT2D eigenvalue weighted by molar-refractivity contribution is 0.369. The first kappa shape index (κ1) is 15.6. The molecule has 0 aromatic heterocycles. The van der Waals surface area contributed by atoms with Crippen molar-refractivity contribution in [3.05, 3.63) is 22.7 Å². The highest BCUT2D eigenvalue weighted by Gasteiger charge is 2.26. The molecule has 20 heavy (non-hydrogen) atoms. The number of piperazine rings is 1. The highest BCUT2D eigenvalue weighted by atomic mass is 79.9. The first-order valence-corrected chi connectivity index (χ1v) is 8.32. The van der Waals surface area contributed by atoms with Crippen LogP contribution < -0.4 is 15.0 Å². The summed E-state index contributed by atoms with van der Waals surface area (Å²) in [5.74, 6) is 0.891. The van der Waals surface area contributed by atoms with Gasteiger partial charge in [0.1, 0.15) is 5.75 Å². The summed E-state index contributed by atoms with van der Waals surface area (Å²) in [5.41, 5.74) is 1.28. The highest BCUT2D eigenvalue weighted by Crippen LogP contribution is 2.31. The number of ether oxygens (including phenoxy) is 1. The molecule has 1 aromatic rings. The Morgan fingerprint density at radius 1 is 1.40 bits per heavy atom. The molecular formula is C16H25BrN2O. The minimum absolute atomic E-state index is 0.573. The van der Waals surface area contributed by atoms with Gasteiger partial charge in [-0.1, -0.05) is 20.3 Å². The van der Waals surface area contributed by atoms with Gasteiger partial charge in [-0.05, 0) is 47.0 Å². The second kappa shape index (κ2) is 7.32. The van der Waals surface area contributed by atoms with Gasteiger partial charge in [0.05, 0.1) is 11.6 Å². The fourth-order valence-corrected chi connectivity index (χ4v) is 3.45. The van der Waals surface area contributed by atoms with Crippen molar-refractivity contribution in [2.24, 2.45) is 0 Å². The van der Waals surface area contributed by atoms with Crippen molar-refractivity contribution < 1.29 is 4.74 Å². The van der Waals surface area contributed by atoms with Crippen LogP contribution >= 0.6 is 15.9 Å². The zero-order chi connectivity index (χ0) is 14.5. The Balaban J connectivity index is 2.19. The van der Waals surface area contributed by atoms with E-state index in [-0.39, 0.29) is 0 Å². The molecule has 3 nitrogen and oxygen atoms in total. The average Bonchev–Trinajstić information content (AvgIpc) is 2.47. The SMILES string of the molecule is CCCC1CN(c2ccc(OC)c(Br)c2)C(CC)CN1. The summed E-state index contributed by atoms with van der Waals surface area (Å²) in [6.07, 6.45) is 3.63. The molecule has 1 saturated heterocycles. The second-order valence-corrected chi connectivity index (χ2v) is 6.28. The van der Waals surface area contributed by atoms with Crippen molar-refractivity contribution in [2.45, 2.75) is 45.2 Å². The number of nitrogens with one attached hydrogen (secondary N) is 1. The lowest BCUT2D eigenvalue weighted by Crippen LogP contribution is -2.56. The average molecular weight is 341 g/mol. The molecule has 0 saturated carbocycles. The normalized spacial score (nSPS) is 22.9. The van der Waals surface area contributed by atoms with Crippen LogP contribution in [-0.2, 0) is 0 Å². The summed E-state index contributed by atoms with van der Waals surface area (Å²) >= 11 is 3.59. The van der Waals surface area contributed by atoms with Crippen LogP contribution in [0.2, 0.25) is 0 Å². The Morgan fingerprint density at radius 2 is 2.20 bits per heavy atom. The van der Waals surface area contributed by atoms with Crippen molar-refractivity contribution in [1.82, 2.24) is 5.32 Å². The van der Waals surface area contributed by atoms with Gasteiger partial charge < -0.3 is 15.0 Å². The molecule has 0 aliphatic carbocycles. The molecule has 1 heterocycles. The number of hydrogen-bond donors (Lipinski definition) is 1. The molecule has 1 aliphatic heterocycles. The lowest BCUT2D eigenvalue weighted by Gasteiger charge is -2.42. The van der Waals surface area contributed by atoms with Gasteiger partial charge in [0.2, 0.25) is 0 Å². The van der Waals surface area contributed by atoms with Crippen molar-refractivity contribution >= 4 is 21.6 Å².